The number of rotatable bonds is 1. The van der Waals surface area contributed by atoms with Crippen LogP contribution in [0.2, 0.25) is 0 Å². The molecule has 1 saturated carbocycles. The molecule has 3 rings (SSSR count). The monoisotopic (exact) mass is 282 g/mol. The maximum Gasteiger partial charge on any atom is 0.268 e. The molecule has 0 radical (unpaired) electrons. The standard InChI is InChI=1S/C13H18N2O3S/c14-13(6-2-1-3-7-13)10-4-5-12-11(8-10)15-19(16,17)9-18-12/h4-5,8,15H,1-3,6-7,9,14H2. The lowest BCUT2D eigenvalue weighted by Crippen LogP contribution is -2.38. The Bertz CT molecular complexity index is 592. The SMILES string of the molecule is NC1(c2ccc3c(c2)NS(=O)(=O)CO3)CCCCC1. The van der Waals surface area contributed by atoms with Crippen LogP contribution in [0.25, 0.3) is 0 Å². The normalized spacial score (nSPS) is 23.8. The zero-order valence-electron chi connectivity index (χ0n) is 10.7. The Hall–Kier alpha value is -1.27. The molecule has 0 aromatic heterocycles. The van der Waals surface area contributed by atoms with Crippen LogP contribution in [0.4, 0.5) is 5.69 Å². The first kappa shape index (κ1) is 12.7. The highest BCUT2D eigenvalue weighted by Gasteiger charge is 2.31. The molecule has 1 aliphatic carbocycles. The van der Waals surface area contributed by atoms with Crippen LogP contribution < -0.4 is 15.2 Å². The van der Waals surface area contributed by atoms with Gasteiger partial charge in [0.15, 0.2) is 0 Å². The van der Waals surface area contributed by atoms with Crippen molar-refractivity contribution in [1.29, 1.82) is 0 Å². The molecular weight excluding hydrogens is 264 g/mol. The van der Waals surface area contributed by atoms with E-state index >= 15 is 0 Å². The fraction of sp³-hybridized carbons (Fsp3) is 0.538. The number of nitrogens with one attached hydrogen (secondary N) is 1. The van der Waals surface area contributed by atoms with Crippen LogP contribution in [0.5, 0.6) is 5.75 Å². The average molecular weight is 282 g/mol. The largest absolute Gasteiger partial charge is 0.474 e. The maximum absolute atomic E-state index is 11.5. The average Bonchev–Trinajstić information content (AvgIpc) is 2.37. The summed E-state index contributed by atoms with van der Waals surface area (Å²) in [5, 5.41) is 0. The minimum atomic E-state index is -3.38. The Morgan fingerprint density at radius 2 is 1.95 bits per heavy atom. The van der Waals surface area contributed by atoms with Crippen LogP contribution in [-0.4, -0.2) is 14.4 Å². The van der Waals surface area contributed by atoms with Crippen LogP contribution in [0, 0.1) is 0 Å². The van der Waals surface area contributed by atoms with Gasteiger partial charge in [-0.05, 0) is 30.5 Å². The van der Waals surface area contributed by atoms with Gasteiger partial charge in [0.05, 0.1) is 5.69 Å². The number of fused-ring (bicyclic) bond motifs is 1. The molecule has 1 aliphatic heterocycles. The Morgan fingerprint density at radius 3 is 2.68 bits per heavy atom. The van der Waals surface area contributed by atoms with Crippen LogP contribution in [0.15, 0.2) is 18.2 Å². The summed E-state index contributed by atoms with van der Waals surface area (Å²) in [6, 6.07) is 5.57. The van der Waals surface area contributed by atoms with Gasteiger partial charge < -0.3 is 10.5 Å². The van der Waals surface area contributed by atoms with Crippen LogP contribution in [0.1, 0.15) is 37.7 Å². The number of hydrogen-bond acceptors (Lipinski definition) is 4. The molecule has 3 N–H and O–H groups in total. The quantitative estimate of drug-likeness (QED) is 0.824. The summed E-state index contributed by atoms with van der Waals surface area (Å²) < 4.78 is 30.8. The second-order valence-electron chi connectivity index (χ2n) is 5.41. The van der Waals surface area contributed by atoms with Gasteiger partial charge in [0.2, 0.25) is 5.94 Å². The number of anilines is 1. The van der Waals surface area contributed by atoms with Crippen LogP contribution in [0.3, 0.4) is 0 Å². The summed E-state index contributed by atoms with van der Waals surface area (Å²) in [7, 11) is -3.38. The summed E-state index contributed by atoms with van der Waals surface area (Å²) in [6.45, 7) is 0. The van der Waals surface area contributed by atoms with E-state index in [0.717, 1.165) is 31.2 Å². The van der Waals surface area contributed by atoms with E-state index in [4.69, 9.17) is 10.5 Å². The van der Waals surface area contributed by atoms with Crippen LogP contribution >= 0.6 is 0 Å². The van der Waals surface area contributed by atoms with E-state index in [9.17, 15) is 8.42 Å². The fourth-order valence-corrected chi connectivity index (χ4v) is 3.69. The lowest BCUT2D eigenvalue weighted by Gasteiger charge is -2.34. The molecule has 1 aromatic rings. The summed E-state index contributed by atoms with van der Waals surface area (Å²) in [5.41, 5.74) is 7.61. The van der Waals surface area contributed by atoms with Gasteiger partial charge in [0.1, 0.15) is 5.75 Å². The van der Waals surface area contributed by atoms with E-state index in [1.165, 1.54) is 6.42 Å². The predicted octanol–water partition coefficient (Wildman–Crippen LogP) is 1.90. The van der Waals surface area contributed by atoms with E-state index in [1.807, 2.05) is 12.1 Å². The first-order valence-corrected chi connectivity index (χ1v) is 8.21. The Labute approximate surface area is 113 Å². The highest BCUT2D eigenvalue weighted by Crippen LogP contribution is 2.39. The van der Waals surface area contributed by atoms with Crippen molar-refractivity contribution in [3.8, 4) is 5.75 Å². The molecule has 0 amide bonds. The first-order valence-electron chi connectivity index (χ1n) is 6.55. The molecule has 104 valence electrons. The number of benzene rings is 1. The Morgan fingerprint density at radius 1 is 1.21 bits per heavy atom. The summed E-state index contributed by atoms with van der Waals surface area (Å²) in [6.07, 6.45) is 5.35. The van der Waals surface area contributed by atoms with Gasteiger partial charge in [0.25, 0.3) is 10.0 Å². The highest BCUT2D eigenvalue weighted by atomic mass is 32.2. The van der Waals surface area contributed by atoms with Gasteiger partial charge in [-0.2, -0.15) is 0 Å². The molecule has 1 aromatic carbocycles. The van der Waals surface area contributed by atoms with Crippen molar-refractivity contribution in [3.63, 3.8) is 0 Å². The highest BCUT2D eigenvalue weighted by molar-refractivity contribution is 7.92. The molecular formula is C13H18N2O3S. The van der Waals surface area contributed by atoms with E-state index in [2.05, 4.69) is 4.72 Å². The fourth-order valence-electron chi connectivity index (χ4n) is 2.85. The molecule has 1 heterocycles. The van der Waals surface area contributed by atoms with Gasteiger partial charge in [-0.25, -0.2) is 8.42 Å². The molecule has 1 fully saturated rings. The van der Waals surface area contributed by atoms with Crippen LogP contribution in [-0.2, 0) is 15.6 Å². The molecule has 5 nitrogen and oxygen atoms in total. The topological polar surface area (TPSA) is 81.4 Å². The van der Waals surface area contributed by atoms with Crippen molar-refractivity contribution < 1.29 is 13.2 Å². The number of ether oxygens (including phenoxy) is 1. The number of sulfonamides is 1. The second-order valence-corrected chi connectivity index (χ2v) is 7.08. The molecule has 19 heavy (non-hydrogen) atoms. The van der Waals surface area contributed by atoms with Gasteiger partial charge in [0, 0.05) is 5.54 Å². The third-order valence-corrected chi connectivity index (χ3v) is 4.89. The van der Waals surface area contributed by atoms with Crippen molar-refractivity contribution in [1.82, 2.24) is 0 Å². The van der Waals surface area contributed by atoms with E-state index < -0.39 is 10.0 Å². The van der Waals surface area contributed by atoms with Gasteiger partial charge in [-0.15, -0.1) is 0 Å². The minimum absolute atomic E-state index is 0.326. The van der Waals surface area contributed by atoms with Crippen molar-refractivity contribution in [2.75, 3.05) is 10.7 Å². The number of hydrogen-bond donors (Lipinski definition) is 2. The maximum atomic E-state index is 11.5. The Kier molecular flexibility index (Phi) is 2.94. The zero-order valence-corrected chi connectivity index (χ0v) is 11.5. The third kappa shape index (κ3) is 2.42. The molecule has 0 unspecified atom stereocenters. The smallest absolute Gasteiger partial charge is 0.268 e. The predicted molar refractivity (Wildman–Crippen MR) is 73.4 cm³/mol. The lowest BCUT2D eigenvalue weighted by molar-refractivity contribution is 0.302. The van der Waals surface area contributed by atoms with Crippen molar-refractivity contribution in [2.24, 2.45) is 5.73 Å². The van der Waals surface area contributed by atoms with Gasteiger partial charge in [-0.3, -0.25) is 4.72 Å². The molecule has 0 bridgehead atoms. The van der Waals surface area contributed by atoms with E-state index in [-0.39, 0.29) is 11.5 Å². The van der Waals surface area contributed by atoms with Crippen molar-refractivity contribution >= 4 is 15.7 Å². The van der Waals surface area contributed by atoms with Gasteiger partial charge >= 0.3 is 0 Å². The molecule has 6 heteroatoms. The summed E-state index contributed by atoms with van der Waals surface area (Å²) in [5.74, 6) is 0.241. The summed E-state index contributed by atoms with van der Waals surface area (Å²) in [4.78, 5) is 0. The lowest BCUT2D eigenvalue weighted by atomic mass is 9.77. The molecule has 0 spiro atoms. The molecule has 0 saturated heterocycles. The van der Waals surface area contributed by atoms with Crippen molar-refractivity contribution in [3.05, 3.63) is 23.8 Å². The zero-order chi connectivity index (χ0) is 13.5. The van der Waals surface area contributed by atoms with E-state index in [0.29, 0.717) is 11.4 Å². The summed E-state index contributed by atoms with van der Waals surface area (Å²) >= 11 is 0. The molecule has 2 aliphatic rings. The Balaban J connectivity index is 1.97. The van der Waals surface area contributed by atoms with Crippen molar-refractivity contribution in [2.45, 2.75) is 37.6 Å². The minimum Gasteiger partial charge on any atom is -0.474 e. The van der Waals surface area contributed by atoms with E-state index in [1.54, 1.807) is 6.07 Å². The second kappa shape index (κ2) is 4.38. The number of nitrogens with two attached hydrogens (primary N) is 1. The van der Waals surface area contributed by atoms with Gasteiger partial charge in [-0.1, -0.05) is 25.3 Å². The first-order chi connectivity index (χ1) is 8.99. The molecule has 0 atom stereocenters. The third-order valence-electron chi connectivity index (χ3n) is 3.94.